The minimum absolute atomic E-state index is 0.238. The highest BCUT2D eigenvalue weighted by Crippen LogP contribution is 2.29. The number of ether oxygens (including phenoxy) is 1. The number of aryl methyl sites for hydroxylation is 1. The van der Waals surface area contributed by atoms with Crippen LogP contribution < -0.4 is 0 Å². The lowest BCUT2D eigenvalue weighted by Crippen LogP contribution is -2.31. The van der Waals surface area contributed by atoms with E-state index in [-0.39, 0.29) is 11.7 Å². The van der Waals surface area contributed by atoms with Gasteiger partial charge in [0.2, 0.25) is 0 Å². The molecule has 17 heavy (non-hydrogen) atoms. The Labute approximate surface area is 102 Å². The van der Waals surface area contributed by atoms with Crippen molar-refractivity contribution in [3.8, 4) is 5.75 Å². The van der Waals surface area contributed by atoms with Crippen LogP contribution in [0.4, 0.5) is 0 Å². The first-order valence-corrected chi connectivity index (χ1v) is 5.93. The fourth-order valence-corrected chi connectivity index (χ4v) is 1.68. The molecule has 0 saturated heterocycles. The Balaban J connectivity index is 3.07. The van der Waals surface area contributed by atoms with Crippen LogP contribution in [0.2, 0.25) is 0 Å². The maximum absolute atomic E-state index is 11.8. The third kappa shape index (κ3) is 2.78. The molecule has 1 aromatic carbocycles. The Morgan fingerprint density at radius 2 is 2.00 bits per heavy atom. The number of benzene rings is 1. The van der Waals surface area contributed by atoms with Gasteiger partial charge in [-0.15, -0.1) is 0 Å². The molecular formula is C14H20O3. The fraction of sp³-hybridized carbons (Fsp3) is 0.500. The van der Waals surface area contributed by atoms with Gasteiger partial charge in [0.1, 0.15) is 5.75 Å². The van der Waals surface area contributed by atoms with E-state index in [2.05, 4.69) is 0 Å². The lowest BCUT2D eigenvalue weighted by molar-refractivity contribution is -0.148. The summed E-state index contributed by atoms with van der Waals surface area (Å²) in [7, 11) is 0. The minimum Gasteiger partial charge on any atom is -0.508 e. The van der Waals surface area contributed by atoms with Crippen molar-refractivity contribution in [1.82, 2.24) is 0 Å². The molecule has 1 N–H and O–H groups in total. The molecule has 0 unspecified atom stereocenters. The average molecular weight is 236 g/mol. The zero-order valence-electron chi connectivity index (χ0n) is 10.9. The van der Waals surface area contributed by atoms with Crippen LogP contribution in [0, 0.1) is 0 Å². The standard InChI is InChI=1S/C14H20O3/c1-5-10-7-8-11(9-12(10)15)14(3,4)13(16)17-6-2/h7-9,15H,5-6H2,1-4H3. The van der Waals surface area contributed by atoms with E-state index in [1.54, 1.807) is 26.8 Å². The zero-order valence-corrected chi connectivity index (χ0v) is 10.9. The van der Waals surface area contributed by atoms with Crippen LogP contribution in [0.5, 0.6) is 5.75 Å². The number of aromatic hydroxyl groups is 1. The molecule has 0 amide bonds. The van der Waals surface area contributed by atoms with Crippen molar-refractivity contribution in [2.45, 2.75) is 39.5 Å². The highest BCUT2D eigenvalue weighted by atomic mass is 16.5. The van der Waals surface area contributed by atoms with Crippen molar-refractivity contribution in [2.75, 3.05) is 6.61 Å². The van der Waals surface area contributed by atoms with Gasteiger partial charge in [0, 0.05) is 0 Å². The molecule has 94 valence electrons. The number of carbonyl (C=O) groups is 1. The predicted molar refractivity (Wildman–Crippen MR) is 67.1 cm³/mol. The largest absolute Gasteiger partial charge is 0.508 e. The Morgan fingerprint density at radius 3 is 2.47 bits per heavy atom. The summed E-state index contributed by atoms with van der Waals surface area (Å²) < 4.78 is 5.04. The summed E-state index contributed by atoms with van der Waals surface area (Å²) >= 11 is 0. The first-order chi connectivity index (χ1) is 7.93. The van der Waals surface area contributed by atoms with Crippen LogP contribution in [0.1, 0.15) is 38.8 Å². The molecule has 0 bridgehead atoms. The third-order valence-corrected chi connectivity index (χ3v) is 2.97. The van der Waals surface area contributed by atoms with Gasteiger partial charge in [-0.25, -0.2) is 0 Å². The summed E-state index contributed by atoms with van der Waals surface area (Å²) in [6.45, 7) is 7.72. The maximum Gasteiger partial charge on any atom is 0.315 e. The fourth-order valence-electron chi connectivity index (χ4n) is 1.68. The van der Waals surface area contributed by atoms with Gasteiger partial charge in [-0.1, -0.05) is 19.1 Å². The van der Waals surface area contributed by atoms with Gasteiger partial charge >= 0.3 is 5.97 Å². The van der Waals surface area contributed by atoms with E-state index in [4.69, 9.17) is 4.74 Å². The predicted octanol–water partition coefficient (Wildman–Crippen LogP) is 2.80. The molecule has 3 heteroatoms. The molecule has 0 aliphatic carbocycles. The van der Waals surface area contributed by atoms with Gasteiger partial charge in [0.25, 0.3) is 0 Å². The summed E-state index contributed by atoms with van der Waals surface area (Å²) in [6, 6.07) is 5.37. The highest BCUT2D eigenvalue weighted by molar-refractivity contribution is 5.82. The van der Waals surface area contributed by atoms with E-state index < -0.39 is 5.41 Å². The molecule has 0 fully saturated rings. The quantitative estimate of drug-likeness (QED) is 0.818. The van der Waals surface area contributed by atoms with E-state index in [0.717, 1.165) is 17.5 Å². The summed E-state index contributed by atoms with van der Waals surface area (Å²) in [5, 5.41) is 9.81. The Hall–Kier alpha value is -1.51. The summed E-state index contributed by atoms with van der Waals surface area (Å²) in [5.41, 5.74) is 0.916. The van der Waals surface area contributed by atoms with Crippen molar-refractivity contribution in [3.05, 3.63) is 29.3 Å². The van der Waals surface area contributed by atoms with Crippen LogP contribution in [-0.2, 0) is 21.4 Å². The molecule has 0 aromatic heterocycles. The summed E-state index contributed by atoms with van der Waals surface area (Å²) in [6.07, 6.45) is 0.770. The maximum atomic E-state index is 11.8. The number of phenols is 1. The van der Waals surface area contributed by atoms with Crippen molar-refractivity contribution in [1.29, 1.82) is 0 Å². The summed E-state index contributed by atoms with van der Waals surface area (Å²) in [5.74, 6) is -0.0361. The second-order valence-corrected chi connectivity index (χ2v) is 4.54. The second kappa shape index (κ2) is 5.21. The average Bonchev–Trinajstić information content (AvgIpc) is 2.29. The molecule has 0 heterocycles. The number of phenolic OH excluding ortho intramolecular Hbond substituents is 1. The van der Waals surface area contributed by atoms with Crippen molar-refractivity contribution in [2.24, 2.45) is 0 Å². The number of hydrogen-bond donors (Lipinski definition) is 1. The Bertz CT molecular complexity index is 408. The number of rotatable bonds is 4. The Kier molecular flexibility index (Phi) is 4.16. The van der Waals surface area contributed by atoms with Crippen LogP contribution in [0.25, 0.3) is 0 Å². The first kappa shape index (κ1) is 13.6. The molecule has 0 aliphatic rings. The lowest BCUT2D eigenvalue weighted by Gasteiger charge is -2.23. The lowest BCUT2D eigenvalue weighted by atomic mass is 9.84. The van der Waals surface area contributed by atoms with Crippen molar-refractivity contribution in [3.63, 3.8) is 0 Å². The van der Waals surface area contributed by atoms with E-state index in [0.29, 0.717) is 6.61 Å². The van der Waals surface area contributed by atoms with Gasteiger partial charge < -0.3 is 9.84 Å². The summed E-state index contributed by atoms with van der Waals surface area (Å²) in [4.78, 5) is 11.8. The topological polar surface area (TPSA) is 46.5 Å². The molecule has 0 aliphatic heterocycles. The molecule has 0 saturated carbocycles. The second-order valence-electron chi connectivity index (χ2n) is 4.54. The number of esters is 1. The molecule has 3 nitrogen and oxygen atoms in total. The molecule has 0 atom stereocenters. The van der Waals surface area contributed by atoms with Crippen LogP contribution in [0.3, 0.4) is 0 Å². The molecule has 1 aromatic rings. The van der Waals surface area contributed by atoms with Gasteiger partial charge in [-0.2, -0.15) is 0 Å². The van der Waals surface area contributed by atoms with Crippen molar-refractivity contribution < 1.29 is 14.6 Å². The van der Waals surface area contributed by atoms with Crippen LogP contribution in [-0.4, -0.2) is 17.7 Å². The number of hydrogen-bond acceptors (Lipinski definition) is 3. The monoisotopic (exact) mass is 236 g/mol. The molecule has 0 spiro atoms. The Morgan fingerprint density at radius 1 is 1.35 bits per heavy atom. The smallest absolute Gasteiger partial charge is 0.315 e. The normalized spacial score (nSPS) is 11.3. The van der Waals surface area contributed by atoms with E-state index in [9.17, 15) is 9.90 Å². The minimum atomic E-state index is -0.736. The van der Waals surface area contributed by atoms with Gasteiger partial charge in [-0.05, 0) is 44.4 Å². The highest BCUT2D eigenvalue weighted by Gasteiger charge is 2.31. The SMILES string of the molecule is CCOC(=O)C(C)(C)c1ccc(CC)c(O)c1. The van der Waals surface area contributed by atoms with Gasteiger partial charge in [0.05, 0.1) is 12.0 Å². The molecule has 0 radical (unpaired) electrons. The molecular weight excluding hydrogens is 216 g/mol. The third-order valence-electron chi connectivity index (χ3n) is 2.97. The van der Waals surface area contributed by atoms with Crippen molar-refractivity contribution >= 4 is 5.97 Å². The van der Waals surface area contributed by atoms with E-state index >= 15 is 0 Å². The van der Waals surface area contributed by atoms with E-state index in [1.165, 1.54) is 0 Å². The zero-order chi connectivity index (χ0) is 13.1. The molecule has 1 rings (SSSR count). The van der Waals surface area contributed by atoms with E-state index in [1.807, 2.05) is 19.1 Å². The van der Waals surface area contributed by atoms with Gasteiger partial charge in [0.15, 0.2) is 0 Å². The number of carbonyl (C=O) groups excluding carboxylic acids is 1. The first-order valence-electron chi connectivity index (χ1n) is 5.93. The van der Waals surface area contributed by atoms with Crippen LogP contribution >= 0.6 is 0 Å². The van der Waals surface area contributed by atoms with Gasteiger partial charge in [-0.3, -0.25) is 4.79 Å². The van der Waals surface area contributed by atoms with Crippen LogP contribution in [0.15, 0.2) is 18.2 Å².